The van der Waals surface area contributed by atoms with E-state index in [0.717, 1.165) is 18.8 Å². The number of β-amino-alcohol motifs (C(OH)–C–C–N with tert-alkyl or cyclic N) is 1. The van der Waals surface area contributed by atoms with Crippen molar-refractivity contribution < 1.29 is 14.6 Å². The fourth-order valence-electron chi connectivity index (χ4n) is 2.35. The SMILES string of the molecule is CCCn1ncnc1CC1(O)CN(C(=O)OC(C)(C)C)C1. The Kier molecular flexibility index (Phi) is 4.22. The van der Waals surface area contributed by atoms with Gasteiger partial charge in [0.1, 0.15) is 23.4 Å². The number of rotatable bonds is 4. The van der Waals surface area contributed by atoms with E-state index < -0.39 is 11.2 Å². The van der Waals surface area contributed by atoms with Gasteiger partial charge < -0.3 is 14.7 Å². The molecule has 0 atom stereocenters. The molecule has 0 saturated carbocycles. The van der Waals surface area contributed by atoms with Crippen LogP contribution >= 0.6 is 0 Å². The molecule has 0 spiro atoms. The highest BCUT2D eigenvalue weighted by Gasteiger charge is 2.46. The molecule has 1 saturated heterocycles. The van der Waals surface area contributed by atoms with E-state index >= 15 is 0 Å². The normalized spacial score (nSPS) is 17.5. The number of aromatic nitrogens is 3. The molecular formula is C14H24N4O3. The average Bonchev–Trinajstić information content (AvgIpc) is 2.71. The number of carbonyl (C=O) groups excluding carboxylic acids is 1. The fraction of sp³-hybridized carbons (Fsp3) is 0.786. The molecule has 1 aliphatic rings. The van der Waals surface area contributed by atoms with Crippen LogP contribution in [0, 0.1) is 0 Å². The van der Waals surface area contributed by atoms with Gasteiger partial charge in [0.2, 0.25) is 0 Å². The van der Waals surface area contributed by atoms with E-state index in [1.54, 1.807) is 4.68 Å². The number of hydrogen-bond acceptors (Lipinski definition) is 5. The molecule has 2 rings (SSSR count). The summed E-state index contributed by atoms with van der Waals surface area (Å²) < 4.78 is 7.07. The molecule has 0 bridgehead atoms. The number of amides is 1. The first-order valence-corrected chi connectivity index (χ1v) is 7.29. The quantitative estimate of drug-likeness (QED) is 0.903. The van der Waals surface area contributed by atoms with Crippen molar-refractivity contribution >= 4 is 6.09 Å². The third kappa shape index (κ3) is 3.93. The van der Waals surface area contributed by atoms with Crippen LogP contribution in [0.2, 0.25) is 0 Å². The van der Waals surface area contributed by atoms with E-state index in [1.165, 1.54) is 11.2 Å². The van der Waals surface area contributed by atoms with Gasteiger partial charge in [-0.25, -0.2) is 9.78 Å². The van der Waals surface area contributed by atoms with Crippen LogP contribution in [0.5, 0.6) is 0 Å². The molecule has 2 heterocycles. The minimum atomic E-state index is -0.935. The van der Waals surface area contributed by atoms with Crippen molar-refractivity contribution in [3.8, 4) is 0 Å². The molecular weight excluding hydrogens is 272 g/mol. The Morgan fingerprint density at radius 2 is 2.14 bits per heavy atom. The molecule has 0 aliphatic carbocycles. The van der Waals surface area contributed by atoms with Crippen molar-refractivity contribution in [2.24, 2.45) is 0 Å². The van der Waals surface area contributed by atoms with Crippen molar-refractivity contribution in [3.63, 3.8) is 0 Å². The minimum absolute atomic E-state index is 0.265. The van der Waals surface area contributed by atoms with Gasteiger partial charge in [-0.3, -0.25) is 4.68 Å². The van der Waals surface area contributed by atoms with Crippen LogP contribution in [-0.2, 0) is 17.7 Å². The first kappa shape index (κ1) is 15.8. The monoisotopic (exact) mass is 296 g/mol. The van der Waals surface area contributed by atoms with Crippen LogP contribution in [0.3, 0.4) is 0 Å². The van der Waals surface area contributed by atoms with Gasteiger partial charge in [0.25, 0.3) is 0 Å². The zero-order valence-corrected chi connectivity index (χ0v) is 13.2. The molecule has 7 nitrogen and oxygen atoms in total. The number of aryl methyl sites for hydroxylation is 1. The lowest BCUT2D eigenvalue weighted by atomic mass is 9.90. The van der Waals surface area contributed by atoms with Crippen LogP contribution in [0.15, 0.2) is 6.33 Å². The second kappa shape index (κ2) is 5.63. The van der Waals surface area contributed by atoms with Crippen LogP contribution in [0.1, 0.15) is 39.9 Å². The summed E-state index contributed by atoms with van der Waals surface area (Å²) in [5, 5.41) is 14.6. The highest BCUT2D eigenvalue weighted by molar-refractivity contribution is 5.69. The Hall–Kier alpha value is -1.63. The highest BCUT2D eigenvalue weighted by atomic mass is 16.6. The van der Waals surface area contributed by atoms with Crippen LogP contribution in [0.25, 0.3) is 0 Å². The van der Waals surface area contributed by atoms with Gasteiger partial charge in [-0.15, -0.1) is 0 Å². The number of carbonyl (C=O) groups is 1. The van der Waals surface area contributed by atoms with Crippen LogP contribution in [0.4, 0.5) is 4.79 Å². The van der Waals surface area contributed by atoms with Crippen molar-refractivity contribution in [2.75, 3.05) is 13.1 Å². The Labute approximate surface area is 124 Å². The van der Waals surface area contributed by atoms with Crippen molar-refractivity contribution in [1.82, 2.24) is 19.7 Å². The second-order valence-electron chi connectivity index (χ2n) is 6.64. The number of ether oxygens (including phenoxy) is 1. The average molecular weight is 296 g/mol. The maximum atomic E-state index is 11.9. The molecule has 1 fully saturated rings. The lowest BCUT2D eigenvalue weighted by Crippen LogP contribution is -2.65. The largest absolute Gasteiger partial charge is 0.444 e. The Bertz CT molecular complexity index is 501. The predicted molar refractivity (Wildman–Crippen MR) is 76.8 cm³/mol. The predicted octanol–water partition coefficient (Wildman–Crippen LogP) is 1.21. The van der Waals surface area contributed by atoms with Crippen molar-refractivity contribution in [1.29, 1.82) is 0 Å². The van der Waals surface area contributed by atoms with Gasteiger partial charge in [0.05, 0.1) is 13.1 Å². The molecule has 118 valence electrons. The highest BCUT2D eigenvalue weighted by Crippen LogP contribution is 2.26. The fourth-order valence-corrected chi connectivity index (χ4v) is 2.35. The van der Waals surface area contributed by atoms with E-state index in [9.17, 15) is 9.90 Å². The zero-order valence-electron chi connectivity index (χ0n) is 13.2. The summed E-state index contributed by atoms with van der Waals surface area (Å²) in [4.78, 5) is 17.6. The van der Waals surface area contributed by atoms with E-state index in [2.05, 4.69) is 17.0 Å². The maximum Gasteiger partial charge on any atom is 0.410 e. The molecule has 0 aromatic carbocycles. The summed E-state index contributed by atoms with van der Waals surface area (Å²) in [6, 6.07) is 0. The molecule has 0 unspecified atom stereocenters. The molecule has 1 aliphatic heterocycles. The molecule has 1 aromatic rings. The first-order valence-electron chi connectivity index (χ1n) is 7.29. The minimum Gasteiger partial charge on any atom is -0.444 e. The van der Waals surface area contributed by atoms with Gasteiger partial charge in [0.15, 0.2) is 0 Å². The van der Waals surface area contributed by atoms with E-state index in [4.69, 9.17) is 4.74 Å². The third-order valence-electron chi connectivity index (χ3n) is 3.24. The van der Waals surface area contributed by atoms with Gasteiger partial charge in [0, 0.05) is 13.0 Å². The number of likely N-dealkylation sites (tertiary alicyclic amines) is 1. The molecule has 21 heavy (non-hydrogen) atoms. The van der Waals surface area contributed by atoms with Crippen LogP contribution < -0.4 is 0 Å². The Morgan fingerprint density at radius 1 is 1.48 bits per heavy atom. The lowest BCUT2D eigenvalue weighted by molar-refractivity contribution is -0.0987. The molecule has 7 heteroatoms. The smallest absolute Gasteiger partial charge is 0.410 e. The van der Waals surface area contributed by atoms with Gasteiger partial charge in [-0.2, -0.15) is 5.10 Å². The van der Waals surface area contributed by atoms with E-state index in [-0.39, 0.29) is 19.2 Å². The third-order valence-corrected chi connectivity index (χ3v) is 3.24. The summed E-state index contributed by atoms with van der Waals surface area (Å²) in [7, 11) is 0. The van der Waals surface area contributed by atoms with Crippen molar-refractivity contribution in [3.05, 3.63) is 12.2 Å². The summed E-state index contributed by atoms with van der Waals surface area (Å²) in [6.45, 7) is 8.84. The lowest BCUT2D eigenvalue weighted by Gasteiger charge is -2.46. The van der Waals surface area contributed by atoms with Crippen molar-refractivity contribution in [2.45, 2.75) is 58.3 Å². The zero-order chi connectivity index (χ0) is 15.7. The van der Waals surface area contributed by atoms with Gasteiger partial charge >= 0.3 is 6.09 Å². The summed E-state index contributed by atoms with van der Waals surface area (Å²) in [5.74, 6) is 0.753. The molecule has 1 N–H and O–H groups in total. The number of aliphatic hydroxyl groups is 1. The first-order chi connectivity index (χ1) is 9.72. The summed E-state index contributed by atoms with van der Waals surface area (Å²) in [5.41, 5.74) is -1.46. The standard InChI is InChI=1S/C14H24N4O3/c1-5-6-18-11(15-10-16-18)7-14(20)8-17(9-14)12(19)21-13(2,3)4/h10,20H,5-9H2,1-4H3. The maximum absolute atomic E-state index is 11.9. The summed E-state index contributed by atoms with van der Waals surface area (Å²) >= 11 is 0. The van der Waals surface area contributed by atoms with E-state index in [0.29, 0.717) is 6.42 Å². The number of hydrogen-bond donors (Lipinski definition) is 1. The van der Waals surface area contributed by atoms with Gasteiger partial charge in [-0.05, 0) is 27.2 Å². The molecule has 1 aromatic heterocycles. The van der Waals surface area contributed by atoms with Gasteiger partial charge in [-0.1, -0.05) is 6.92 Å². The Balaban J connectivity index is 1.89. The van der Waals surface area contributed by atoms with E-state index in [1.807, 2.05) is 20.8 Å². The Morgan fingerprint density at radius 3 is 2.71 bits per heavy atom. The van der Waals surface area contributed by atoms with Crippen LogP contribution in [-0.4, -0.2) is 55.2 Å². The second-order valence-corrected chi connectivity index (χ2v) is 6.64. The summed E-state index contributed by atoms with van der Waals surface area (Å²) in [6.07, 6.45) is 2.46. The topological polar surface area (TPSA) is 80.5 Å². The number of nitrogens with zero attached hydrogens (tertiary/aromatic N) is 4. The molecule has 1 amide bonds. The molecule has 0 radical (unpaired) electrons.